The number of hydrogen-bond donors (Lipinski definition) is 1. The van der Waals surface area contributed by atoms with Crippen molar-refractivity contribution in [2.45, 2.75) is 32.1 Å². The minimum absolute atomic E-state index is 0.149. The van der Waals surface area contributed by atoms with Crippen LogP contribution < -0.4 is 5.32 Å². The summed E-state index contributed by atoms with van der Waals surface area (Å²) in [6.45, 7) is 0. The van der Waals surface area contributed by atoms with Crippen LogP contribution in [0, 0.1) is 17.8 Å². The second-order valence-electron chi connectivity index (χ2n) is 5.43. The van der Waals surface area contributed by atoms with Gasteiger partial charge in [-0.2, -0.15) is 0 Å². The highest BCUT2D eigenvalue weighted by Crippen LogP contribution is 2.49. The van der Waals surface area contributed by atoms with Crippen LogP contribution in [0.2, 0.25) is 0 Å². The van der Waals surface area contributed by atoms with E-state index in [-0.39, 0.29) is 5.91 Å². The molecule has 17 heavy (non-hydrogen) atoms. The van der Waals surface area contributed by atoms with E-state index in [4.69, 9.17) is 0 Å². The van der Waals surface area contributed by atoms with Crippen LogP contribution in [0.1, 0.15) is 32.1 Å². The molecular formula is C14H18N2O. The molecule has 1 aromatic rings. The van der Waals surface area contributed by atoms with Crippen molar-refractivity contribution in [2.24, 2.45) is 17.8 Å². The van der Waals surface area contributed by atoms with E-state index >= 15 is 0 Å². The molecule has 2 aliphatic rings. The van der Waals surface area contributed by atoms with Crippen LogP contribution in [-0.4, -0.2) is 10.9 Å². The van der Waals surface area contributed by atoms with Gasteiger partial charge in [-0.05, 0) is 49.1 Å². The second kappa shape index (κ2) is 4.47. The van der Waals surface area contributed by atoms with Crippen LogP contribution in [0.4, 0.5) is 5.69 Å². The lowest BCUT2D eigenvalue weighted by molar-refractivity contribution is -0.117. The van der Waals surface area contributed by atoms with Gasteiger partial charge in [0, 0.05) is 12.6 Å². The van der Waals surface area contributed by atoms with E-state index in [9.17, 15) is 4.79 Å². The van der Waals surface area contributed by atoms with Gasteiger partial charge in [-0.15, -0.1) is 0 Å². The number of pyridine rings is 1. The molecule has 0 aromatic carbocycles. The fourth-order valence-electron chi connectivity index (χ4n) is 3.51. The highest BCUT2D eigenvalue weighted by Gasteiger charge is 2.40. The van der Waals surface area contributed by atoms with E-state index in [1.54, 1.807) is 12.4 Å². The summed E-state index contributed by atoms with van der Waals surface area (Å²) in [5, 5.41) is 2.93. The lowest BCUT2D eigenvalue weighted by Gasteiger charge is -2.20. The second-order valence-corrected chi connectivity index (χ2v) is 5.43. The van der Waals surface area contributed by atoms with Gasteiger partial charge in [0.1, 0.15) is 0 Å². The smallest absolute Gasteiger partial charge is 0.224 e. The maximum absolute atomic E-state index is 11.9. The Morgan fingerprint density at radius 2 is 2.35 bits per heavy atom. The van der Waals surface area contributed by atoms with Gasteiger partial charge in [0.05, 0.1) is 11.9 Å². The van der Waals surface area contributed by atoms with E-state index in [1.165, 1.54) is 25.7 Å². The van der Waals surface area contributed by atoms with E-state index in [0.29, 0.717) is 12.3 Å². The fourth-order valence-corrected chi connectivity index (χ4v) is 3.51. The highest BCUT2D eigenvalue weighted by atomic mass is 16.1. The number of aromatic nitrogens is 1. The van der Waals surface area contributed by atoms with Gasteiger partial charge < -0.3 is 5.32 Å². The van der Waals surface area contributed by atoms with Crippen LogP contribution >= 0.6 is 0 Å². The van der Waals surface area contributed by atoms with Crippen LogP contribution in [0.3, 0.4) is 0 Å². The summed E-state index contributed by atoms with van der Waals surface area (Å²) in [5.74, 6) is 2.51. The first-order valence-electron chi connectivity index (χ1n) is 6.51. The molecule has 90 valence electrons. The fraction of sp³-hybridized carbons (Fsp3) is 0.571. The number of carbonyl (C=O) groups excluding carboxylic acids is 1. The molecule has 0 aliphatic heterocycles. The first-order chi connectivity index (χ1) is 8.31. The average molecular weight is 230 g/mol. The highest BCUT2D eigenvalue weighted by molar-refractivity contribution is 5.90. The molecule has 0 unspecified atom stereocenters. The monoisotopic (exact) mass is 230 g/mol. The quantitative estimate of drug-likeness (QED) is 0.867. The molecule has 2 saturated carbocycles. The number of anilines is 1. The first kappa shape index (κ1) is 10.8. The molecular weight excluding hydrogens is 212 g/mol. The van der Waals surface area contributed by atoms with Crippen LogP contribution in [0.5, 0.6) is 0 Å². The number of fused-ring (bicyclic) bond motifs is 2. The minimum Gasteiger partial charge on any atom is -0.325 e. The predicted molar refractivity (Wildman–Crippen MR) is 66.4 cm³/mol. The van der Waals surface area contributed by atoms with E-state index < -0.39 is 0 Å². The number of amides is 1. The Balaban J connectivity index is 1.54. The summed E-state index contributed by atoms with van der Waals surface area (Å²) < 4.78 is 0. The van der Waals surface area contributed by atoms with Crippen molar-refractivity contribution >= 4 is 11.6 Å². The summed E-state index contributed by atoms with van der Waals surface area (Å²) in [4.78, 5) is 15.9. The van der Waals surface area contributed by atoms with Gasteiger partial charge in [0.15, 0.2) is 0 Å². The van der Waals surface area contributed by atoms with Gasteiger partial charge in [0.25, 0.3) is 0 Å². The number of hydrogen-bond acceptors (Lipinski definition) is 2. The zero-order valence-corrected chi connectivity index (χ0v) is 9.93. The van der Waals surface area contributed by atoms with Crippen molar-refractivity contribution < 1.29 is 4.79 Å². The van der Waals surface area contributed by atoms with Crippen molar-refractivity contribution in [1.29, 1.82) is 0 Å². The lowest BCUT2D eigenvalue weighted by atomic mass is 9.86. The molecule has 3 atom stereocenters. The van der Waals surface area contributed by atoms with Gasteiger partial charge in [-0.3, -0.25) is 9.78 Å². The lowest BCUT2D eigenvalue weighted by Crippen LogP contribution is -2.20. The summed E-state index contributed by atoms with van der Waals surface area (Å²) >= 11 is 0. The van der Waals surface area contributed by atoms with Crippen molar-refractivity contribution in [3.8, 4) is 0 Å². The van der Waals surface area contributed by atoms with E-state index in [2.05, 4.69) is 10.3 Å². The number of nitrogens with one attached hydrogen (secondary N) is 1. The Labute approximate surface area is 102 Å². The maximum atomic E-state index is 11.9. The average Bonchev–Trinajstić information content (AvgIpc) is 2.92. The minimum atomic E-state index is 0.149. The van der Waals surface area contributed by atoms with Crippen LogP contribution in [0.15, 0.2) is 24.5 Å². The third-order valence-corrected chi connectivity index (χ3v) is 4.28. The number of carbonyl (C=O) groups is 1. The normalized spacial score (nSPS) is 30.5. The van der Waals surface area contributed by atoms with Crippen molar-refractivity contribution in [3.05, 3.63) is 24.5 Å². The SMILES string of the molecule is O=C(C[C@@H]1C[C@H]2CC[C@H]1C2)Nc1cccnc1. The maximum Gasteiger partial charge on any atom is 0.224 e. The molecule has 2 aliphatic carbocycles. The van der Waals surface area contributed by atoms with E-state index in [1.807, 2.05) is 12.1 Å². The summed E-state index contributed by atoms with van der Waals surface area (Å²) in [7, 11) is 0. The Morgan fingerprint density at radius 1 is 1.41 bits per heavy atom. The van der Waals surface area contributed by atoms with Crippen molar-refractivity contribution in [1.82, 2.24) is 4.98 Å². The zero-order valence-electron chi connectivity index (χ0n) is 9.93. The standard InChI is InChI=1S/C14H18N2O/c17-14(16-13-2-1-5-15-9-13)8-12-7-10-3-4-11(12)6-10/h1-2,5,9-12H,3-4,6-8H2,(H,16,17)/t10-,11-,12-/m0/s1. The molecule has 0 saturated heterocycles. The van der Waals surface area contributed by atoms with Crippen LogP contribution in [0.25, 0.3) is 0 Å². The zero-order chi connectivity index (χ0) is 11.7. The Morgan fingerprint density at radius 3 is 3.00 bits per heavy atom. The van der Waals surface area contributed by atoms with Crippen molar-refractivity contribution in [2.75, 3.05) is 5.32 Å². The molecule has 2 bridgehead atoms. The summed E-state index contributed by atoms with van der Waals surface area (Å²) in [5.41, 5.74) is 0.806. The molecule has 1 amide bonds. The molecule has 0 spiro atoms. The molecule has 3 rings (SSSR count). The topological polar surface area (TPSA) is 42.0 Å². The number of nitrogens with zero attached hydrogens (tertiary/aromatic N) is 1. The van der Waals surface area contributed by atoms with Gasteiger partial charge in [-0.25, -0.2) is 0 Å². The Hall–Kier alpha value is -1.38. The first-order valence-corrected chi connectivity index (χ1v) is 6.51. The molecule has 1 heterocycles. The predicted octanol–water partition coefficient (Wildman–Crippen LogP) is 2.85. The van der Waals surface area contributed by atoms with Gasteiger partial charge in [-0.1, -0.05) is 6.42 Å². The largest absolute Gasteiger partial charge is 0.325 e. The van der Waals surface area contributed by atoms with Crippen LogP contribution in [-0.2, 0) is 4.79 Å². The molecule has 1 N–H and O–H groups in total. The molecule has 2 fully saturated rings. The summed E-state index contributed by atoms with van der Waals surface area (Å²) in [6.07, 6.45) is 9.47. The third kappa shape index (κ3) is 2.33. The number of rotatable bonds is 3. The molecule has 1 aromatic heterocycles. The summed E-state index contributed by atoms with van der Waals surface area (Å²) in [6, 6.07) is 3.72. The molecule has 3 nitrogen and oxygen atoms in total. The van der Waals surface area contributed by atoms with Gasteiger partial charge in [0.2, 0.25) is 5.91 Å². The molecule has 3 heteroatoms. The third-order valence-electron chi connectivity index (χ3n) is 4.28. The Bertz CT molecular complexity index is 404. The van der Waals surface area contributed by atoms with Gasteiger partial charge >= 0.3 is 0 Å². The Kier molecular flexibility index (Phi) is 2.83. The molecule has 0 radical (unpaired) electrons. The van der Waals surface area contributed by atoms with E-state index in [0.717, 1.165) is 17.5 Å². The van der Waals surface area contributed by atoms with Crippen molar-refractivity contribution in [3.63, 3.8) is 0 Å².